The molecule has 1 N–H and O–H groups in total. The van der Waals surface area contributed by atoms with E-state index in [-0.39, 0.29) is 6.10 Å². The second kappa shape index (κ2) is 5.83. The van der Waals surface area contributed by atoms with Gasteiger partial charge in [0.05, 0.1) is 17.7 Å². The van der Waals surface area contributed by atoms with Crippen molar-refractivity contribution in [2.24, 2.45) is 5.92 Å². The topological polar surface area (TPSA) is 47.3 Å². The molecule has 0 amide bonds. The minimum absolute atomic E-state index is 0.226. The van der Waals surface area contributed by atoms with E-state index in [1.54, 1.807) is 0 Å². The Balaban J connectivity index is 2.04. The van der Waals surface area contributed by atoms with Gasteiger partial charge in [0, 0.05) is 17.6 Å². The minimum Gasteiger partial charge on any atom is -0.392 e. The van der Waals surface area contributed by atoms with Crippen LogP contribution < -0.4 is 0 Å². The number of aliphatic hydroxyl groups is 1. The summed E-state index contributed by atoms with van der Waals surface area (Å²) in [5.41, 5.74) is 1.83. The monoisotopic (exact) mass is 308 g/mol. The normalized spacial score (nSPS) is 24.8. The molecule has 1 heterocycles. The summed E-state index contributed by atoms with van der Waals surface area (Å²) >= 11 is 3.50. The molecular formula is C14H17BrN2O. The lowest BCUT2D eigenvalue weighted by atomic mass is 9.96. The van der Waals surface area contributed by atoms with E-state index in [9.17, 15) is 5.11 Å². The van der Waals surface area contributed by atoms with E-state index in [0.717, 1.165) is 36.1 Å². The van der Waals surface area contributed by atoms with Crippen molar-refractivity contribution in [3.05, 3.63) is 33.8 Å². The van der Waals surface area contributed by atoms with Gasteiger partial charge in [-0.05, 0) is 36.6 Å². The first-order valence-corrected chi connectivity index (χ1v) is 6.98. The van der Waals surface area contributed by atoms with Gasteiger partial charge in [-0.25, -0.2) is 0 Å². The largest absolute Gasteiger partial charge is 0.392 e. The SMILES string of the molecule is CC1CCN(Cc2ccc(C#N)cc2Br)CC1O. The third kappa shape index (κ3) is 3.11. The van der Waals surface area contributed by atoms with E-state index in [1.807, 2.05) is 18.2 Å². The van der Waals surface area contributed by atoms with Crippen LogP contribution in [0.1, 0.15) is 24.5 Å². The molecule has 18 heavy (non-hydrogen) atoms. The number of nitrogens with zero attached hydrogens (tertiary/aromatic N) is 2. The van der Waals surface area contributed by atoms with Crippen LogP contribution in [0.25, 0.3) is 0 Å². The maximum Gasteiger partial charge on any atom is 0.0992 e. The molecule has 0 saturated carbocycles. The van der Waals surface area contributed by atoms with Crippen molar-refractivity contribution >= 4 is 15.9 Å². The molecule has 0 aromatic heterocycles. The molecule has 0 bridgehead atoms. The number of nitriles is 1. The Kier molecular flexibility index (Phi) is 4.39. The number of hydrogen-bond acceptors (Lipinski definition) is 3. The molecule has 1 aliphatic heterocycles. The Morgan fingerprint density at radius 2 is 2.33 bits per heavy atom. The summed E-state index contributed by atoms with van der Waals surface area (Å²) in [6.45, 7) is 4.66. The van der Waals surface area contributed by atoms with Crippen molar-refractivity contribution in [2.45, 2.75) is 26.0 Å². The second-order valence-corrected chi connectivity index (χ2v) is 5.84. The molecule has 3 nitrogen and oxygen atoms in total. The van der Waals surface area contributed by atoms with Crippen LogP contribution in [0.4, 0.5) is 0 Å². The second-order valence-electron chi connectivity index (χ2n) is 4.99. The maximum absolute atomic E-state index is 9.88. The first-order chi connectivity index (χ1) is 8.60. The number of likely N-dealkylation sites (tertiary alicyclic amines) is 1. The predicted molar refractivity (Wildman–Crippen MR) is 73.9 cm³/mol. The van der Waals surface area contributed by atoms with Crippen molar-refractivity contribution in [2.75, 3.05) is 13.1 Å². The van der Waals surface area contributed by atoms with Crippen molar-refractivity contribution in [1.82, 2.24) is 4.90 Å². The van der Waals surface area contributed by atoms with Gasteiger partial charge in [0.25, 0.3) is 0 Å². The first-order valence-electron chi connectivity index (χ1n) is 6.19. The Labute approximate surface area is 116 Å². The highest BCUT2D eigenvalue weighted by atomic mass is 79.9. The Morgan fingerprint density at radius 3 is 2.94 bits per heavy atom. The van der Waals surface area contributed by atoms with Crippen molar-refractivity contribution in [3.63, 3.8) is 0 Å². The van der Waals surface area contributed by atoms with E-state index in [4.69, 9.17) is 5.26 Å². The van der Waals surface area contributed by atoms with E-state index in [0.29, 0.717) is 11.5 Å². The minimum atomic E-state index is -0.226. The van der Waals surface area contributed by atoms with Crippen LogP contribution in [0.2, 0.25) is 0 Å². The van der Waals surface area contributed by atoms with Gasteiger partial charge < -0.3 is 5.11 Å². The van der Waals surface area contributed by atoms with Crippen LogP contribution >= 0.6 is 15.9 Å². The van der Waals surface area contributed by atoms with Gasteiger partial charge in [0.15, 0.2) is 0 Å². The molecule has 1 aliphatic rings. The lowest BCUT2D eigenvalue weighted by molar-refractivity contribution is 0.0258. The van der Waals surface area contributed by atoms with Crippen LogP contribution in [0, 0.1) is 17.2 Å². The summed E-state index contributed by atoms with van der Waals surface area (Å²) in [4.78, 5) is 2.26. The van der Waals surface area contributed by atoms with Crippen LogP contribution in [0.3, 0.4) is 0 Å². The third-order valence-corrected chi connectivity index (χ3v) is 4.32. The maximum atomic E-state index is 9.88. The average Bonchev–Trinajstić information content (AvgIpc) is 2.36. The van der Waals surface area contributed by atoms with Gasteiger partial charge in [-0.3, -0.25) is 4.90 Å². The first kappa shape index (κ1) is 13.5. The van der Waals surface area contributed by atoms with E-state index in [2.05, 4.69) is 33.8 Å². The average molecular weight is 309 g/mol. The smallest absolute Gasteiger partial charge is 0.0992 e. The highest BCUT2D eigenvalue weighted by molar-refractivity contribution is 9.10. The molecular weight excluding hydrogens is 292 g/mol. The highest BCUT2D eigenvalue weighted by Gasteiger charge is 2.24. The quantitative estimate of drug-likeness (QED) is 0.913. The molecule has 1 fully saturated rings. The molecule has 1 saturated heterocycles. The summed E-state index contributed by atoms with van der Waals surface area (Å²) in [6.07, 6.45) is 0.811. The molecule has 4 heteroatoms. The number of halogens is 1. The molecule has 0 spiro atoms. The van der Waals surface area contributed by atoms with E-state index >= 15 is 0 Å². The molecule has 0 radical (unpaired) electrons. The van der Waals surface area contributed by atoms with Crippen molar-refractivity contribution in [3.8, 4) is 6.07 Å². The molecule has 2 atom stereocenters. The fourth-order valence-corrected chi connectivity index (χ4v) is 2.75. The highest BCUT2D eigenvalue weighted by Crippen LogP contribution is 2.23. The van der Waals surface area contributed by atoms with Gasteiger partial charge in [-0.15, -0.1) is 0 Å². The zero-order valence-corrected chi connectivity index (χ0v) is 12.0. The Hall–Kier alpha value is -0.890. The van der Waals surface area contributed by atoms with Gasteiger partial charge in [-0.2, -0.15) is 5.26 Å². The predicted octanol–water partition coefficient (Wildman–Crippen LogP) is 2.52. The zero-order valence-electron chi connectivity index (χ0n) is 10.4. The Morgan fingerprint density at radius 1 is 1.56 bits per heavy atom. The summed E-state index contributed by atoms with van der Waals surface area (Å²) in [7, 11) is 0. The number of rotatable bonds is 2. The lowest BCUT2D eigenvalue weighted by Gasteiger charge is -2.34. The molecule has 1 aromatic carbocycles. The van der Waals surface area contributed by atoms with Gasteiger partial charge >= 0.3 is 0 Å². The number of β-amino-alcohol motifs (C(OH)–C–C–N with tert-alkyl or cyclic N) is 1. The zero-order chi connectivity index (χ0) is 13.1. The number of piperidine rings is 1. The summed E-state index contributed by atoms with van der Waals surface area (Å²) < 4.78 is 0.967. The molecule has 0 aliphatic carbocycles. The number of hydrogen-bond donors (Lipinski definition) is 1. The van der Waals surface area contributed by atoms with Gasteiger partial charge in [-0.1, -0.05) is 28.9 Å². The standard InChI is InChI=1S/C14H17BrN2O/c1-10-4-5-17(9-14(10)18)8-12-3-2-11(7-16)6-13(12)15/h2-3,6,10,14,18H,4-5,8-9H2,1H3. The van der Waals surface area contributed by atoms with Crippen LogP contribution in [0.15, 0.2) is 22.7 Å². The summed E-state index contributed by atoms with van der Waals surface area (Å²) in [6, 6.07) is 7.79. The van der Waals surface area contributed by atoms with Gasteiger partial charge in [0.2, 0.25) is 0 Å². The molecule has 1 aromatic rings. The number of aliphatic hydroxyl groups excluding tert-OH is 1. The summed E-state index contributed by atoms with van der Waals surface area (Å²) in [5, 5.41) is 18.7. The van der Waals surface area contributed by atoms with Crippen LogP contribution in [-0.2, 0) is 6.54 Å². The molecule has 2 unspecified atom stereocenters. The lowest BCUT2D eigenvalue weighted by Crippen LogP contribution is -2.42. The van der Waals surface area contributed by atoms with E-state index < -0.39 is 0 Å². The fourth-order valence-electron chi connectivity index (χ4n) is 2.24. The van der Waals surface area contributed by atoms with E-state index in [1.165, 1.54) is 0 Å². The van der Waals surface area contributed by atoms with Crippen molar-refractivity contribution < 1.29 is 5.11 Å². The number of benzene rings is 1. The van der Waals surface area contributed by atoms with Gasteiger partial charge in [0.1, 0.15) is 0 Å². The molecule has 2 rings (SSSR count). The summed E-state index contributed by atoms with van der Waals surface area (Å²) in [5.74, 6) is 0.394. The third-order valence-electron chi connectivity index (χ3n) is 3.58. The van der Waals surface area contributed by atoms with Crippen LogP contribution in [-0.4, -0.2) is 29.2 Å². The Bertz CT molecular complexity index is 469. The van der Waals surface area contributed by atoms with Crippen molar-refractivity contribution in [1.29, 1.82) is 5.26 Å². The van der Waals surface area contributed by atoms with Crippen LogP contribution in [0.5, 0.6) is 0 Å². The molecule has 96 valence electrons. The fraction of sp³-hybridized carbons (Fsp3) is 0.500.